The molecule has 0 aromatic heterocycles. The number of hydrogen-bond acceptors (Lipinski definition) is 4. The van der Waals surface area contributed by atoms with Gasteiger partial charge >= 0.3 is 6.03 Å². The normalized spacial score (nSPS) is 11.7. The first kappa shape index (κ1) is 13.9. The van der Waals surface area contributed by atoms with Gasteiger partial charge in [0.15, 0.2) is 0 Å². The Kier molecular flexibility index (Phi) is 5.06. The molecule has 0 saturated carbocycles. The fourth-order valence-electron chi connectivity index (χ4n) is 1.38. The van der Waals surface area contributed by atoms with Crippen LogP contribution < -0.4 is 10.6 Å². The molecule has 1 atom stereocenters. The number of methoxy groups -OCH3 is 1. The summed E-state index contributed by atoms with van der Waals surface area (Å²) in [6.45, 7) is 2.18. The highest BCUT2D eigenvalue weighted by Crippen LogP contribution is 2.16. The molecule has 1 rings (SSSR count). The number of benzene rings is 1. The smallest absolute Gasteiger partial charge is 0.319 e. The highest BCUT2D eigenvalue weighted by molar-refractivity contribution is 5.89. The van der Waals surface area contributed by atoms with Gasteiger partial charge in [-0.3, -0.25) is 10.1 Å². The number of carbonyl (C=O) groups is 1. The molecular weight excluding hydrogens is 238 g/mol. The van der Waals surface area contributed by atoms with Crippen molar-refractivity contribution in [1.29, 1.82) is 0 Å². The topological polar surface area (TPSA) is 93.5 Å². The summed E-state index contributed by atoms with van der Waals surface area (Å²) in [4.78, 5) is 21.6. The lowest BCUT2D eigenvalue weighted by Gasteiger charge is -2.13. The van der Waals surface area contributed by atoms with E-state index in [0.717, 1.165) is 0 Å². The number of carbonyl (C=O) groups excluding carboxylic acids is 1. The third-order valence-corrected chi connectivity index (χ3v) is 2.11. The second-order valence-corrected chi connectivity index (χ2v) is 3.76. The van der Waals surface area contributed by atoms with Crippen LogP contribution in [-0.4, -0.2) is 30.7 Å². The Morgan fingerprint density at radius 2 is 2.28 bits per heavy atom. The van der Waals surface area contributed by atoms with Crippen molar-refractivity contribution in [2.45, 2.75) is 13.0 Å². The van der Waals surface area contributed by atoms with Crippen LogP contribution in [0.3, 0.4) is 0 Å². The van der Waals surface area contributed by atoms with Crippen LogP contribution in [0, 0.1) is 10.1 Å². The molecule has 1 aromatic carbocycles. The van der Waals surface area contributed by atoms with E-state index in [0.29, 0.717) is 12.3 Å². The maximum Gasteiger partial charge on any atom is 0.319 e. The summed E-state index contributed by atoms with van der Waals surface area (Å²) in [5.74, 6) is 0. The molecule has 2 amide bonds. The maximum atomic E-state index is 11.5. The Balaban J connectivity index is 2.59. The first-order valence-electron chi connectivity index (χ1n) is 5.34. The van der Waals surface area contributed by atoms with Crippen molar-refractivity contribution in [2.75, 3.05) is 19.0 Å². The number of urea groups is 1. The number of rotatable bonds is 5. The van der Waals surface area contributed by atoms with Gasteiger partial charge in [0.25, 0.3) is 5.69 Å². The van der Waals surface area contributed by atoms with E-state index in [1.165, 1.54) is 25.3 Å². The van der Waals surface area contributed by atoms with E-state index in [9.17, 15) is 14.9 Å². The van der Waals surface area contributed by atoms with Crippen molar-refractivity contribution in [2.24, 2.45) is 0 Å². The summed E-state index contributed by atoms with van der Waals surface area (Å²) in [6, 6.07) is 5.16. The number of amides is 2. The van der Waals surface area contributed by atoms with Crippen molar-refractivity contribution < 1.29 is 14.5 Å². The number of nitrogens with one attached hydrogen (secondary N) is 2. The van der Waals surface area contributed by atoms with Crippen LogP contribution in [-0.2, 0) is 4.74 Å². The molecule has 18 heavy (non-hydrogen) atoms. The van der Waals surface area contributed by atoms with Gasteiger partial charge in [-0.05, 0) is 13.0 Å². The van der Waals surface area contributed by atoms with Crippen LogP contribution in [0.4, 0.5) is 16.2 Å². The molecular formula is C11H15N3O4. The monoisotopic (exact) mass is 253 g/mol. The second kappa shape index (κ2) is 6.55. The van der Waals surface area contributed by atoms with E-state index in [2.05, 4.69) is 10.6 Å². The van der Waals surface area contributed by atoms with E-state index in [4.69, 9.17) is 4.74 Å². The van der Waals surface area contributed by atoms with Crippen LogP contribution in [0.15, 0.2) is 24.3 Å². The molecule has 0 radical (unpaired) electrons. The molecule has 0 unspecified atom stereocenters. The maximum absolute atomic E-state index is 11.5. The molecule has 7 heteroatoms. The van der Waals surface area contributed by atoms with E-state index in [1.807, 2.05) is 0 Å². The van der Waals surface area contributed by atoms with Crippen LogP contribution in [0.25, 0.3) is 0 Å². The quantitative estimate of drug-likeness (QED) is 0.617. The lowest BCUT2D eigenvalue weighted by atomic mass is 10.3. The summed E-state index contributed by atoms with van der Waals surface area (Å²) in [5.41, 5.74) is 0.295. The van der Waals surface area contributed by atoms with Crippen molar-refractivity contribution in [3.8, 4) is 0 Å². The number of nitro benzene ring substituents is 1. The standard InChI is InChI=1S/C11H15N3O4/c1-8(7-18-2)12-11(15)13-9-4-3-5-10(6-9)14(16)17/h3-6,8H,7H2,1-2H3,(H2,12,13,15)/t8-/m1/s1. The van der Waals surface area contributed by atoms with E-state index in [1.54, 1.807) is 13.0 Å². The van der Waals surface area contributed by atoms with Crippen LogP contribution in [0.1, 0.15) is 6.92 Å². The number of non-ortho nitro benzene ring substituents is 1. The third-order valence-electron chi connectivity index (χ3n) is 2.11. The fraction of sp³-hybridized carbons (Fsp3) is 0.364. The summed E-state index contributed by atoms with van der Waals surface area (Å²) in [5, 5.41) is 15.7. The minimum absolute atomic E-state index is 0.0715. The number of hydrogen-bond donors (Lipinski definition) is 2. The van der Waals surface area contributed by atoms with Gasteiger partial charge in [0, 0.05) is 24.9 Å². The SMILES string of the molecule is COC[C@@H](C)NC(=O)Nc1cccc([N+](=O)[O-])c1. The molecule has 0 aliphatic carbocycles. The Morgan fingerprint density at radius 3 is 2.89 bits per heavy atom. The minimum atomic E-state index is -0.517. The second-order valence-electron chi connectivity index (χ2n) is 3.76. The Morgan fingerprint density at radius 1 is 1.56 bits per heavy atom. The zero-order chi connectivity index (χ0) is 13.5. The summed E-state index contributed by atoms with van der Waals surface area (Å²) in [6.07, 6.45) is 0. The average molecular weight is 253 g/mol. The molecule has 0 heterocycles. The summed E-state index contributed by atoms with van der Waals surface area (Å²) < 4.78 is 4.87. The van der Waals surface area contributed by atoms with Crippen molar-refractivity contribution in [3.63, 3.8) is 0 Å². The zero-order valence-electron chi connectivity index (χ0n) is 10.2. The van der Waals surface area contributed by atoms with Gasteiger partial charge in [0.1, 0.15) is 0 Å². The highest BCUT2D eigenvalue weighted by atomic mass is 16.6. The molecule has 0 spiro atoms. The van der Waals surface area contributed by atoms with Crippen LogP contribution in [0.5, 0.6) is 0 Å². The molecule has 0 fully saturated rings. The summed E-state index contributed by atoms with van der Waals surface area (Å²) >= 11 is 0. The molecule has 0 aliphatic heterocycles. The van der Waals surface area contributed by atoms with Crippen molar-refractivity contribution in [3.05, 3.63) is 34.4 Å². The van der Waals surface area contributed by atoms with Crippen molar-refractivity contribution in [1.82, 2.24) is 5.32 Å². The van der Waals surface area contributed by atoms with Crippen LogP contribution >= 0.6 is 0 Å². The molecule has 98 valence electrons. The lowest BCUT2D eigenvalue weighted by Crippen LogP contribution is -2.38. The predicted molar refractivity (Wildman–Crippen MR) is 66.6 cm³/mol. The Labute approximate surface area is 104 Å². The van der Waals surface area contributed by atoms with Gasteiger partial charge in [0.05, 0.1) is 17.6 Å². The molecule has 7 nitrogen and oxygen atoms in total. The van der Waals surface area contributed by atoms with Gasteiger partial charge in [-0.15, -0.1) is 0 Å². The lowest BCUT2D eigenvalue weighted by molar-refractivity contribution is -0.384. The van der Waals surface area contributed by atoms with E-state index >= 15 is 0 Å². The fourth-order valence-corrected chi connectivity index (χ4v) is 1.38. The molecule has 0 bridgehead atoms. The van der Waals surface area contributed by atoms with E-state index < -0.39 is 11.0 Å². The average Bonchev–Trinajstić information content (AvgIpc) is 2.29. The third kappa shape index (κ3) is 4.38. The number of ether oxygens (including phenoxy) is 1. The number of nitrogens with zero attached hydrogens (tertiary/aromatic N) is 1. The molecule has 0 aliphatic rings. The highest BCUT2D eigenvalue weighted by Gasteiger charge is 2.09. The molecule has 0 saturated heterocycles. The summed E-state index contributed by atoms with van der Waals surface area (Å²) in [7, 11) is 1.54. The Bertz CT molecular complexity index is 436. The number of nitro groups is 1. The van der Waals surface area contributed by atoms with Gasteiger partial charge in [0.2, 0.25) is 0 Å². The largest absolute Gasteiger partial charge is 0.383 e. The zero-order valence-corrected chi connectivity index (χ0v) is 10.2. The van der Waals surface area contributed by atoms with Gasteiger partial charge in [-0.25, -0.2) is 4.79 Å². The van der Waals surface area contributed by atoms with Gasteiger partial charge in [-0.2, -0.15) is 0 Å². The first-order valence-corrected chi connectivity index (χ1v) is 5.34. The van der Waals surface area contributed by atoms with Gasteiger partial charge < -0.3 is 15.4 Å². The molecule has 1 aromatic rings. The Hall–Kier alpha value is -2.15. The van der Waals surface area contributed by atoms with Crippen molar-refractivity contribution >= 4 is 17.4 Å². The first-order chi connectivity index (χ1) is 8.52. The molecule has 2 N–H and O–H groups in total. The number of anilines is 1. The minimum Gasteiger partial charge on any atom is -0.383 e. The van der Waals surface area contributed by atoms with Gasteiger partial charge in [-0.1, -0.05) is 6.07 Å². The van der Waals surface area contributed by atoms with E-state index in [-0.39, 0.29) is 11.7 Å². The van der Waals surface area contributed by atoms with Crippen LogP contribution in [0.2, 0.25) is 0 Å². The predicted octanol–water partition coefficient (Wildman–Crippen LogP) is 1.75.